The smallest absolute Gasteiger partial charge is 0.0369 e. The number of nitrogens with one attached hydrogen (secondary N) is 1. The van der Waals surface area contributed by atoms with Crippen molar-refractivity contribution in [2.75, 3.05) is 6.54 Å². The summed E-state index contributed by atoms with van der Waals surface area (Å²) in [5.41, 5.74) is 2.78. The van der Waals surface area contributed by atoms with E-state index >= 15 is 0 Å². The lowest BCUT2D eigenvalue weighted by Crippen LogP contribution is -2.23. The normalized spacial score (nSPS) is 12.6. The van der Waals surface area contributed by atoms with Crippen molar-refractivity contribution in [1.29, 1.82) is 0 Å². The molecule has 1 N–H and O–H groups in total. The average molecular weight is 338 g/mol. The van der Waals surface area contributed by atoms with E-state index in [0.717, 1.165) is 23.9 Å². The van der Waals surface area contributed by atoms with Gasteiger partial charge in [0.15, 0.2) is 0 Å². The lowest BCUT2D eigenvalue weighted by atomic mass is 10.0. The molecule has 0 saturated heterocycles. The van der Waals surface area contributed by atoms with Crippen LogP contribution in [0, 0.1) is 6.92 Å². The summed E-state index contributed by atoms with van der Waals surface area (Å²) in [6.07, 6.45) is 2.20. The summed E-state index contributed by atoms with van der Waals surface area (Å²) >= 11 is 5.38. The predicted molar refractivity (Wildman–Crippen MR) is 87.9 cm³/mol. The molecule has 0 fully saturated rings. The SMILES string of the molecule is CCCNC(Cc1cccc(Br)c1)c1csc(C)c1. The second-order valence-corrected chi connectivity index (χ2v) is 6.86. The first kappa shape index (κ1) is 14.8. The van der Waals surface area contributed by atoms with Crippen LogP contribution in [0.2, 0.25) is 0 Å². The highest BCUT2D eigenvalue weighted by Crippen LogP contribution is 2.24. The molecular weight excluding hydrogens is 318 g/mol. The van der Waals surface area contributed by atoms with Gasteiger partial charge < -0.3 is 5.32 Å². The number of benzene rings is 1. The first-order chi connectivity index (χ1) is 9.19. The number of aryl methyl sites for hydroxylation is 1. The maximum absolute atomic E-state index is 3.66. The average Bonchev–Trinajstić information content (AvgIpc) is 2.81. The van der Waals surface area contributed by atoms with Gasteiger partial charge in [-0.1, -0.05) is 35.0 Å². The van der Waals surface area contributed by atoms with E-state index in [4.69, 9.17) is 0 Å². The first-order valence-electron chi connectivity index (χ1n) is 6.72. The van der Waals surface area contributed by atoms with Crippen molar-refractivity contribution in [2.45, 2.75) is 32.7 Å². The maximum Gasteiger partial charge on any atom is 0.0369 e. The van der Waals surface area contributed by atoms with Gasteiger partial charge in [-0.15, -0.1) is 11.3 Å². The Hall–Kier alpha value is -0.640. The Kier molecular flexibility index (Phi) is 5.61. The third kappa shape index (κ3) is 4.44. The van der Waals surface area contributed by atoms with E-state index in [1.54, 1.807) is 0 Å². The summed E-state index contributed by atoms with van der Waals surface area (Å²) in [5.74, 6) is 0. The third-order valence-corrected chi connectivity index (χ3v) is 4.50. The molecule has 1 unspecified atom stereocenters. The van der Waals surface area contributed by atoms with Crippen LogP contribution in [0.4, 0.5) is 0 Å². The first-order valence-corrected chi connectivity index (χ1v) is 8.39. The molecule has 0 bridgehead atoms. The van der Waals surface area contributed by atoms with Crippen molar-refractivity contribution in [3.8, 4) is 0 Å². The van der Waals surface area contributed by atoms with E-state index < -0.39 is 0 Å². The standard InChI is InChI=1S/C16H20BrNS/c1-3-7-18-16(14-8-12(2)19-11-14)10-13-5-4-6-15(17)9-13/h4-6,8-9,11,16,18H,3,7,10H2,1-2H3. The number of hydrogen-bond donors (Lipinski definition) is 1. The maximum atomic E-state index is 3.66. The molecule has 0 amide bonds. The van der Waals surface area contributed by atoms with E-state index in [2.05, 4.69) is 70.8 Å². The Balaban J connectivity index is 2.13. The Morgan fingerprint density at radius 3 is 2.79 bits per heavy atom. The fraction of sp³-hybridized carbons (Fsp3) is 0.375. The van der Waals surface area contributed by atoms with Crippen molar-refractivity contribution >= 4 is 27.3 Å². The molecule has 3 heteroatoms. The van der Waals surface area contributed by atoms with Crippen LogP contribution >= 0.6 is 27.3 Å². The molecule has 2 rings (SSSR count). The van der Waals surface area contributed by atoms with Crippen LogP contribution in [0.5, 0.6) is 0 Å². The van der Waals surface area contributed by atoms with Crippen LogP contribution in [-0.4, -0.2) is 6.54 Å². The number of rotatable bonds is 6. The van der Waals surface area contributed by atoms with Crippen LogP contribution in [0.25, 0.3) is 0 Å². The fourth-order valence-corrected chi connectivity index (χ4v) is 3.38. The van der Waals surface area contributed by atoms with Crippen molar-refractivity contribution in [2.24, 2.45) is 0 Å². The molecule has 19 heavy (non-hydrogen) atoms. The second-order valence-electron chi connectivity index (χ2n) is 4.83. The van der Waals surface area contributed by atoms with Crippen LogP contribution < -0.4 is 5.32 Å². The van der Waals surface area contributed by atoms with Crippen molar-refractivity contribution < 1.29 is 0 Å². The Labute approximate surface area is 128 Å². The highest BCUT2D eigenvalue weighted by Gasteiger charge is 2.13. The summed E-state index contributed by atoms with van der Waals surface area (Å²) in [5, 5.41) is 5.94. The number of thiophene rings is 1. The van der Waals surface area contributed by atoms with Gasteiger partial charge in [0.2, 0.25) is 0 Å². The molecule has 1 aromatic carbocycles. The summed E-state index contributed by atoms with van der Waals surface area (Å²) < 4.78 is 1.15. The molecule has 0 spiro atoms. The minimum Gasteiger partial charge on any atom is -0.310 e. The lowest BCUT2D eigenvalue weighted by molar-refractivity contribution is 0.530. The van der Waals surface area contributed by atoms with E-state index in [9.17, 15) is 0 Å². The van der Waals surface area contributed by atoms with E-state index in [1.807, 2.05) is 11.3 Å². The fourth-order valence-electron chi connectivity index (χ4n) is 2.17. The van der Waals surface area contributed by atoms with Crippen molar-refractivity contribution in [1.82, 2.24) is 5.32 Å². The summed E-state index contributed by atoms with van der Waals surface area (Å²) in [6.45, 7) is 5.44. The lowest BCUT2D eigenvalue weighted by Gasteiger charge is -2.18. The molecule has 0 radical (unpaired) electrons. The molecule has 0 aliphatic heterocycles. The molecule has 0 aliphatic rings. The zero-order chi connectivity index (χ0) is 13.7. The number of hydrogen-bond acceptors (Lipinski definition) is 2. The molecule has 1 aromatic heterocycles. The van der Waals surface area contributed by atoms with Gasteiger partial charge in [-0.25, -0.2) is 0 Å². The zero-order valence-electron chi connectivity index (χ0n) is 11.4. The molecule has 1 atom stereocenters. The summed E-state index contributed by atoms with van der Waals surface area (Å²) in [7, 11) is 0. The second kappa shape index (κ2) is 7.22. The van der Waals surface area contributed by atoms with Gasteiger partial charge in [0, 0.05) is 15.4 Å². The van der Waals surface area contributed by atoms with Gasteiger partial charge in [0.25, 0.3) is 0 Å². The minimum atomic E-state index is 0.416. The Morgan fingerprint density at radius 1 is 1.32 bits per heavy atom. The van der Waals surface area contributed by atoms with E-state index in [-0.39, 0.29) is 0 Å². The molecule has 2 aromatic rings. The molecule has 1 heterocycles. The van der Waals surface area contributed by atoms with E-state index in [1.165, 1.54) is 16.0 Å². The largest absolute Gasteiger partial charge is 0.310 e. The summed E-state index contributed by atoms with van der Waals surface area (Å²) in [4.78, 5) is 1.38. The van der Waals surface area contributed by atoms with Gasteiger partial charge in [0.1, 0.15) is 0 Å². The Bertz CT molecular complexity index is 521. The quantitative estimate of drug-likeness (QED) is 0.772. The molecule has 102 valence electrons. The highest BCUT2D eigenvalue weighted by atomic mass is 79.9. The van der Waals surface area contributed by atoms with Gasteiger partial charge in [0.05, 0.1) is 0 Å². The van der Waals surface area contributed by atoms with E-state index in [0.29, 0.717) is 6.04 Å². The summed E-state index contributed by atoms with van der Waals surface area (Å²) in [6, 6.07) is 11.3. The van der Waals surface area contributed by atoms with Gasteiger partial charge >= 0.3 is 0 Å². The van der Waals surface area contributed by atoms with Crippen LogP contribution in [0.15, 0.2) is 40.2 Å². The van der Waals surface area contributed by atoms with Crippen molar-refractivity contribution in [3.05, 3.63) is 56.2 Å². The van der Waals surface area contributed by atoms with Gasteiger partial charge in [-0.05, 0) is 61.0 Å². The van der Waals surface area contributed by atoms with Crippen LogP contribution in [0.1, 0.15) is 35.4 Å². The monoisotopic (exact) mass is 337 g/mol. The highest BCUT2D eigenvalue weighted by molar-refractivity contribution is 9.10. The molecule has 1 nitrogen and oxygen atoms in total. The zero-order valence-corrected chi connectivity index (χ0v) is 13.9. The molecular formula is C16H20BrNS. The van der Waals surface area contributed by atoms with Crippen LogP contribution in [0.3, 0.4) is 0 Å². The van der Waals surface area contributed by atoms with Crippen molar-refractivity contribution in [3.63, 3.8) is 0 Å². The minimum absolute atomic E-state index is 0.416. The number of halogens is 1. The Morgan fingerprint density at radius 2 is 2.16 bits per heavy atom. The topological polar surface area (TPSA) is 12.0 Å². The van der Waals surface area contributed by atoms with Gasteiger partial charge in [-0.3, -0.25) is 0 Å². The van der Waals surface area contributed by atoms with Gasteiger partial charge in [-0.2, -0.15) is 0 Å². The predicted octanol–water partition coefficient (Wildman–Crippen LogP) is 5.10. The van der Waals surface area contributed by atoms with Crippen LogP contribution in [-0.2, 0) is 6.42 Å². The third-order valence-electron chi connectivity index (χ3n) is 3.12. The molecule has 0 saturated carbocycles. The molecule has 0 aliphatic carbocycles.